The smallest absolute Gasteiger partial charge is 0.237 e. The van der Waals surface area contributed by atoms with Gasteiger partial charge in [-0.15, -0.1) is 0 Å². The number of likely N-dealkylation sites (N-methyl/N-ethyl adjacent to an activating group) is 1. The van der Waals surface area contributed by atoms with Crippen LogP contribution in [0.3, 0.4) is 0 Å². The molecule has 1 heterocycles. The number of hydrogen-bond acceptors (Lipinski definition) is 3. The summed E-state index contributed by atoms with van der Waals surface area (Å²) < 4.78 is 0. The SMILES string of the molecule is CN(Cc1ccncc1)C1(C(N)=O)CCCC1. The highest BCUT2D eigenvalue weighted by Crippen LogP contribution is 2.35. The number of nitrogens with zero attached hydrogens (tertiary/aromatic N) is 2. The van der Waals surface area contributed by atoms with Crippen LogP contribution < -0.4 is 5.73 Å². The van der Waals surface area contributed by atoms with Crippen molar-refractivity contribution in [2.75, 3.05) is 7.05 Å². The molecular formula is C13H19N3O. The molecule has 1 amide bonds. The summed E-state index contributed by atoms with van der Waals surface area (Å²) in [5.41, 5.74) is 6.32. The number of aromatic nitrogens is 1. The molecule has 1 aliphatic rings. The van der Waals surface area contributed by atoms with Crippen LogP contribution in [-0.2, 0) is 11.3 Å². The minimum atomic E-state index is -0.441. The Labute approximate surface area is 102 Å². The van der Waals surface area contributed by atoms with E-state index in [0.717, 1.165) is 37.8 Å². The number of amides is 1. The average molecular weight is 233 g/mol. The summed E-state index contributed by atoms with van der Waals surface area (Å²) in [5, 5.41) is 0. The molecule has 17 heavy (non-hydrogen) atoms. The Morgan fingerprint density at radius 1 is 1.41 bits per heavy atom. The van der Waals surface area contributed by atoms with Crippen molar-refractivity contribution in [3.8, 4) is 0 Å². The van der Waals surface area contributed by atoms with Gasteiger partial charge >= 0.3 is 0 Å². The molecule has 0 spiro atoms. The van der Waals surface area contributed by atoms with Crippen LogP contribution in [0.25, 0.3) is 0 Å². The van der Waals surface area contributed by atoms with Crippen LogP contribution >= 0.6 is 0 Å². The number of carbonyl (C=O) groups is 1. The van der Waals surface area contributed by atoms with Crippen molar-refractivity contribution in [2.24, 2.45) is 5.73 Å². The molecule has 0 bridgehead atoms. The van der Waals surface area contributed by atoms with Gasteiger partial charge in [-0.05, 0) is 37.6 Å². The van der Waals surface area contributed by atoms with E-state index in [-0.39, 0.29) is 5.91 Å². The first kappa shape index (κ1) is 12.0. The number of nitrogens with two attached hydrogens (primary N) is 1. The van der Waals surface area contributed by atoms with E-state index in [4.69, 9.17) is 5.73 Å². The molecule has 1 aromatic heterocycles. The molecule has 1 aromatic rings. The molecule has 0 saturated heterocycles. The van der Waals surface area contributed by atoms with E-state index in [9.17, 15) is 4.79 Å². The van der Waals surface area contributed by atoms with E-state index in [1.807, 2.05) is 19.2 Å². The van der Waals surface area contributed by atoms with Gasteiger partial charge in [0.15, 0.2) is 0 Å². The van der Waals surface area contributed by atoms with Gasteiger partial charge in [-0.25, -0.2) is 0 Å². The molecule has 0 radical (unpaired) electrons. The Bertz CT molecular complexity index is 385. The molecule has 0 unspecified atom stereocenters. The second-order valence-electron chi connectivity index (χ2n) is 4.81. The maximum absolute atomic E-state index is 11.7. The summed E-state index contributed by atoms with van der Waals surface area (Å²) in [5.74, 6) is -0.188. The normalized spacial score (nSPS) is 18.5. The zero-order valence-corrected chi connectivity index (χ0v) is 10.2. The second kappa shape index (κ2) is 4.84. The van der Waals surface area contributed by atoms with Gasteiger partial charge in [-0.2, -0.15) is 0 Å². The minimum Gasteiger partial charge on any atom is -0.368 e. The predicted octanol–water partition coefficient (Wildman–Crippen LogP) is 1.31. The molecule has 2 rings (SSSR count). The molecule has 4 heteroatoms. The van der Waals surface area contributed by atoms with Gasteiger partial charge in [-0.1, -0.05) is 12.8 Å². The predicted molar refractivity (Wildman–Crippen MR) is 66.1 cm³/mol. The van der Waals surface area contributed by atoms with Gasteiger partial charge in [0.2, 0.25) is 5.91 Å². The summed E-state index contributed by atoms with van der Waals surface area (Å²) in [4.78, 5) is 17.8. The topological polar surface area (TPSA) is 59.2 Å². The van der Waals surface area contributed by atoms with Crippen molar-refractivity contribution in [1.29, 1.82) is 0 Å². The van der Waals surface area contributed by atoms with E-state index in [2.05, 4.69) is 9.88 Å². The van der Waals surface area contributed by atoms with Crippen molar-refractivity contribution in [1.82, 2.24) is 9.88 Å². The second-order valence-corrected chi connectivity index (χ2v) is 4.81. The lowest BCUT2D eigenvalue weighted by Crippen LogP contribution is -2.53. The molecule has 1 saturated carbocycles. The highest BCUT2D eigenvalue weighted by molar-refractivity contribution is 5.85. The molecule has 0 atom stereocenters. The van der Waals surface area contributed by atoms with E-state index in [1.54, 1.807) is 12.4 Å². The number of rotatable bonds is 4. The monoisotopic (exact) mass is 233 g/mol. The van der Waals surface area contributed by atoms with Crippen molar-refractivity contribution in [3.63, 3.8) is 0 Å². The Morgan fingerprint density at radius 3 is 2.53 bits per heavy atom. The summed E-state index contributed by atoms with van der Waals surface area (Å²) in [6, 6.07) is 3.94. The maximum atomic E-state index is 11.7. The molecule has 0 aliphatic heterocycles. The van der Waals surface area contributed by atoms with Crippen LogP contribution in [0.5, 0.6) is 0 Å². The fourth-order valence-electron chi connectivity index (χ4n) is 2.69. The fraction of sp³-hybridized carbons (Fsp3) is 0.538. The molecular weight excluding hydrogens is 214 g/mol. The summed E-state index contributed by atoms with van der Waals surface area (Å²) in [6.45, 7) is 0.742. The summed E-state index contributed by atoms with van der Waals surface area (Å²) >= 11 is 0. The quantitative estimate of drug-likeness (QED) is 0.853. The van der Waals surface area contributed by atoms with Crippen molar-refractivity contribution in [3.05, 3.63) is 30.1 Å². The standard InChI is InChI=1S/C13H19N3O/c1-16(10-11-4-8-15-9-5-11)13(12(14)17)6-2-3-7-13/h4-5,8-9H,2-3,6-7,10H2,1H3,(H2,14,17). The third-order valence-corrected chi connectivity index (χ3v) is 3.79. The largest absolute Gasteiger partial charge is 0.368 e. The lowest BCUT2D eigenvalue weighted by molar-refractivity contribution is -0.129. The minimum absolute atomic E-state index is 0.188. The Hall–Kier alpha value is -1.42. The van der Waals surface area contributed by atoms with E-state index < -0.39 is 5.54 Å². The Morgan fingerprint density at radius 2 is 2.00 bits per heavy atom. The number of hydrogen-bond donors (Lipinski definition) is 1. The third kappa shape index (κ3) is 2.31. The number of primary amides is 1. The summed E-state index contributed by atoms with van der Waals surface area (Å²) in [6.07, 6.45) is 7.48. The van der Waals surface area contributed by atoms with Crippen LogP contribution in [0.2, 0.25) is 0 Å². The van der Waals surface area contributed by atoms with Gasteiger partial charge in [0.1, 0.15) is 5.54 Å². The molecule has 0 aromatic carbocycles. The van der Waals surface area contributed by atoms with E-state index in [0.29, 0.717) is 0 Å². The van der Waals surface area contributed by atoms with Crippen LogP contribution in [0.1, 0.15) is 31.2 Å². The lowest BCUT2D eigenvalue weighted by atomic mass is 9.94. The van der Waals surface area contributed by atoms with Crippen LogP contribution in [0.15, 0.2) is 24.5 Å². The van der Waals surface area contributed by atoms with Gasteiger partial charge in [0, 0.05) is 18.9 Å². The number of carbonyl (C=O) groups excluding carboxylic acids is 1. The molecule has 1 fully saturated rings. The number of pyridine rings is 1. The third-order valence-electron chi connectivity index (χ3n) is 3.79. The first-order chi connectivity index (χ1) is 8.15. The van der Waals surface area contributed by atoms with Crippen molar-refractivity contribution < 1.29 is 4.79 Å². The van der Waals surface area contributed by atoms with Gasteiger partial charge < -0.3 is 5.73 Å². The summed E-state index contributed by atoms with van der Waals surface area (Å²) in [7, 11) is 1.98. The maximum Gasteiger partial charge on any atom is 0.237 e. The Balaban J connectivity index is 2.13. The van der Waals surface area contributed by atoms with Gasteiger partial charge in [0.05, 0.1) is 0 Å². The zero-order chi connectivity index (χ0) is 12.3. The van der Waals surface area contributed by atoms with E-state index >= 15 is 0 Å². The van der Waals surface area contributed by atoms with Crippen molar-refractivity contribution >= 4 is 5.91 Å². The average Bonchev–Trinajstić information content (AvgIpc) is 2.80. The van der Waals surface area contributed by atoms with E-state index in [1.165, 1.54) is 0 Å². The highest BCUT2D eigenvalue weighted by Gasteiger charge is 2.42. The molecule has 2 N–H and O–H groups in total. The highest BCUT2D eigenvalue weighted by atomic mass is 16.1. The zero-order valence-electron chi connectivity index (χ0n) is 10.2. The molecule has 4 nitrogen and oxygen atoms in total. The van der Waals surface area contributed by atoms with Crippen LogP contribution in [0, 0.1) is 0 Å². The molecule has 92 valence electrons. The first-order valence-corrected chi connectivity index (χ1v) is 6.05. The van der Waals surface area contributed by atoms with Gasteiger partial charge in [0.25, 0.3) is 0 Å². The van der Waals surface area contributed by atoms with Crippen LogP contribution in [0.4, 0.5) is 0 Å². The fourth-order valence-corrected chi connectivity index (χ4v) is 2.69. The van der Waals surface area contributed by atoms with Gasteiger partial charge in [-0.3, -0.25) is 14.7 Å². The lowest BCUT2D eigenvalue weighted by Gasteiger charge is -2.35. The van der Waals surface area contributed by atoms with Crippen molar-refractivity contribution in [2.45, 2.75) is 37.8 Å². The van der Waals surface area contributed by atoms with Crippen LogP contribution in [-0.4, -0.2) is 28.4 Å². The molecule has 1 aliphatic carbocycles. The first-order valence-electron chi connectivity index (χ1n) is 6.05. The Kier molecular flexibility index (Phi) is 3.43.